The molecule has 0 aliphatic carbocycles. The second-order valence-electron chi connectivity index (χ2n) is 4.65. The molecule has 3 heteroatoms. The van der Waals surface area contributed by atoms with Crippen LogP contribution in [-0.4, -0.2) is 25.4 Å². The summed E-state index contributed by atoms with van der Waals surface area (Å²) in [6, 6.07) is 0. The normalized spacial score (nSPS) is 24.7. The van der Waals surface area contributed by atoms with Gasteiger partial charge in [-0.15, -0.1) is 0 Å². The highest BCUT2D eigenvalue weighted by Crippen LogP contribution is 2.12. The standard InChI is InChI=1S/C10H21NO2/c1-10(2,3)13-11-7-9-5-4-6-12-8-9/h9,11H,4-8H2,1-3H3. The van der Waals surface area contributed by atoms with Crippen molar-refractivity contribution in [3.63, 3.8) is 0 Å². The van der Waals surface area contributed by atoms with E-state index in [4.69, 9.17) is 9.57 Å². The third-order valence-electron chi connectivity index (χ3n) is 2.00. The lowest BCUT2D eigenvalue weighted by atomic mass is 10.0. The van der Waals surface area contributed by atoms with Gasteiger partial charge in [-0.1, -0.05) is 0 Å². The quantitative estimate of drug-likeness (QED) is 0.683. The van der Waals surface area contributed by atoms with Crippen molar-refractivity contribution in [3.8, 4) is 0 Å². The Morgan fingerprint density at radius 3 is 2.77 bits per heavy atom. The van der Waals surface area contributed by atoms with Gasteiger partial charge in [0.2, 0.25) is 0 Å². The Balaban J connectivity index is 2.04. The molecule has 0 saturated carbocycles. The van der Waals surface area contributed by atoms with Gasteiger partial charge in [0.1, 0.15) is 0 Å². The first-order valence-electron chi connectivity index (χ1n) is 5.06. The molecular formula is C10H21NO2. The number of hydrogen-bond donors (Lipinski definition) is 1. The Labute approximate surface area is 80.7 Å². The lowest BCUT2D eigenvalue weighted by Gasteiger charge is -2.25. The lowest BCUT2D eigenvalue weighted by molar-refractivity contribution is -0.0838. The molecule has 1 aliphatic heterocycles. The molecule has 1 N–H and O–H groups in total. The Morgan fingerprint density at radius 2 is 2.23 bits per heavy atom. The van der Waals surface area contributed by atoms with Gasteiger partial charge in [0.05, 0.1) is 12.2 Å². The van der Waals surface area contributed by atoms with Crippen molar-refractivity contribution < 1.29 is 9.57 Å². The van der Waals surface area contributed by atoms with E-state index in [2.05, 4.69) is 5.48 Å². The minimum absolute atomic E-state index is 0.102. The van der Waals surface area contributed by atoms with Crippen LogP contribution in [-0.2, 0) is 9.57 Å². The summed E-state index contributed by atoms with van der Waals surface area (Å²) in [5.74, 6) is 0.621. The molecule has 1 saturated heterocycles. The second kappa shape index (κ2) is 4.94. The van der Waals surface area contributed by atoms with E-state index in [-0.39, 0.29) is 5.60 Å². The average molecular weight is 187 g/mol. The summed E-state index contributed by atoms with van der Waals surface area (Å²) in [5.41, 5.74) is 2.91. The van der Waals surface area contributed by atoms with E-state index in [1.54, 1.807) is 0 Å². The lowest BCUT2D eigenvalue weighted by Crippen LogP contribution is -2.35. The third kappa shape index (κ3) is 5.24. The first kappa shape index (κ1) is 11.0. The van der Waals surface area contributed by atoms with Crippen LogP contribution in [0.1, 0.15) is 33.6 Å². The summed E-state index contributed by atoms with van der Waals surface area (Å²) < 4.78 is 5.37. The van der Waals surface area contributed by atoms with Crippen LogP contribution < -0.4 is 5.48 Å². The molecule has 0 radical (unpaired) electrons. The van der Waals surface area contributed by atoms with Crippen LogP contribution in [0.2, 0.25) is 0 Å². The molecule has 1 atom stereocenters. The summed E-state index contributed by atoms with van der Waals surface area (Å²) in [6.07, 6.45) is 2.43. The average Bonchev–Trinajstić information content (AvgIpc) is 2.04. The number of rotatable bonds is 3. The summed E-state index contributed by atoms with van der Waals surface area (Å²) in [5, 5.41) is 0. The van der Waals surface area contributed by atoms with Gasteiger partial charge in [-0.25, -0.2) is 5.48 Å². The van der Waals surface area contributed by atoms with Gasteiger partial charge in [-0.05, 0) is 39.5 Å². The van der Waals surface area contributed by atoms with Gasteiger partial charge in [-0.2, -0.15) is 0 Å². The molecule has 1 fully saturated rings. The van der Waals surface area contributed by atoms with E-state index in [1.165, 1.54) is 12.8 Å². The fourth-order valence-electron chi connectivity index (χ4n) is 1.34. The SMILES string of the molecule is CC(C)(C)ONCC1CCCOC1. The van der Waals surface area contributed by atoms with Crippen molar-refractivity contribution >= 4 is 0 Å². The van der Waals surface area contributed by atoms with Crippen LogP contribution in [0.3, 0.4) is 0 Å². The molecule has 78 valence electrons. The smallest absolute Gasteiger partial charge is 0.0812 e. The monoisotopic (exact) mass is 187 g/mol. The largest absolute Gasteiger partial charge is 0.381 e. The third-order valence-corrected chi connectivity index (χ3v) is 2.00. The fourth-order valence-corrected chi connectivity index (χ4v) is 1.34. The van der Waals surface area contributed by atoms with Crippen molar-refractivity contribution in [3.05, 3.63) is 0 Å². The number of nitrogens with one attached hydrogen (secondary N) is 1. The highest BCUT2D eigenvalue weighted by atomic mass is 16.7. The first-order valence-corrected chi connectivity index (χ1v) is 5.06. The second-order valence-corrected chi connectivity index (χ2v) is 4.65. The number of hydrogen-bond acceptors (Lipinski definition) is 3. The highest BCUT2D eigenvalue weighted by molar-refractivity contribution is 4.64. The van der Waals surface area contributed by atoms with Crippen LogP contribution >= 0.6 is 0 Å². The maximum Gasteiger partial charge on any atom is 0.0812 e. The summed E-state index contributed by atoms with van der Waals surface area (Å²) in [7, 11) is 0. The molecule has 1 aliphatic rings. The maximum absolute atomic E-state index is 5.43. The van der Waals surface area contributed by atoms with Gasteiger partial charge in [0.15, 0.2) is 0 Å². The molecule has 0 aromatic rings. The zero-order valence-corrected chi connectivity index (χ0v) is 8.93. The molecule has 0 spiro atoms. The van der Waals surface area contributed by atoms with Crippen molar-refractivity contribution in [2.24, 2.45) is 5.92 Å². The molecule has 1 heterocycles. The van der Waals surface area contributed by atoms with Crippen LogP contribution in [0.15, 0.2) is 0 Å². The maximum atomic E-state index is 5.43. The van der Waals surface area contributed by atoms with Gasteiger partial charge < -0.3 is 4.74 Å². The van der Waals surface area contributed by atoms with E-state index in [9.17, 15) is 0 Å². The fraction of sp³-hybridized carbons (Fsp3) is 1.00. The predicted molar refractivity (Wildman–Crippen MR) is 52.4 cm³/mol. The van der Waals surface area contributed by atoms with Crippen molar-refractivity contribution in [1.82, 2.24) is 5.48 Å². The molecular weight excluding hydrogens is 166 g/mol. The Hall–Kier alpha value is -0.120. The number of hydroxylamine groups is 1. The molecule has 0 aromatic carbocycles. The molecule has 0 amide bonds. The summed E-state index contributed by atoms with van der Waals surface area (Å²) in [4.78, 5) is 5.43. The minimum Gasteiger partial charge on any atom is -0.381 e. The summed E-state index contributed by atoms with van der Waals surface area (Å²) in [6.45, 7) is 8.82. The van der Waals surface area contributed by atoms with E-state index in [1.807, 2.05) is 20.8 Å². The molecule has 0 bridgehead atoms. The van der Waals surface area contributed by atoms with Crippen molar-refractivity contribution in [2.45, 2.75) is 39.2 Å². The first-order chi connectivity index (χ1) is 6.08. The zero-order chi connectivity index (χ0) is 9.73. The molecule has 1 rings (SSSR count). The van der Waals surface area contributed by atoms with Crippen LogP contribution in [0.5, 0.6) is 0 Å². The Bertz CT molecular complexity index is 136. The highest BCUT2D eigenvalue weighted by Gasteiger charge is 2.15. The van der Waals surface area contributed by atoms with Gasteiger partial charge in [0.25, 0.3) is 0 Å². The van der Waals surface area contributed by atoms with Crippen molar-refractivity contribution in [2.75, 3.05) is 19.8 Å². The van der Waals surface area contributed by atoms with Gasteiger partial charge in [0, 0.05) is 13.2 Å². The number of ether oxygens (including phenoxy) is 1. The molecule has 13 heavy (non-hydrogen) atoms. The topological polar surface area (TPSA) is 30.5 Å². The molecule has 0 aromatic heterocycles. The van der Waals surface area contributed by atoms with Gasteiger partial charge >= 0.3 is 0 Å². The van der Waals surface area contributed by atoms with E-state index in [0.29, 0.717) is 5.92 Å². The van der Waals surface area contributed by atoms with Crippen LogP contribution in [0.25, 0.3) is 0 Å². The summed E-state index contributed by atoms with van der Waals surface area (Å²) >= 11 is 0. The minimum atomic E-state index is -0.102. The Morgan fingerprint density at radius 1 is 1.46 bits per heavy atom. The van der Waals surface area contributed by atoms with E-state index >= 15 is 0 Å². The van der Waals surface area contributed by atoms with E-state index in [0.717, 1.165) is 19.8 Å². The Kier molecular flexibility index (Phi) is 4.16. The molecule has 1 unspecified atom stereocenters. The van der Waals surface area contributed by atoms with Crippen LogP contribution in [0.4, 0.5) is 0 Å². The van der Waals surface area contributed by atoms with Crippen molar-refractivity contribution in [1.29, 1.82) is 0 Å². The van der Waals surface area contributed by atoms with E-state index < -0.39 is 0 Å². The molecule has 3 nitrogen and oxygen atoms in total. The predicted octanol–water partition coefficient (Wildman–Crippen LogP) is 1.73. The van der Waals surface area contributed by atoms with Crippen LogP contribution in [0, 0.1) is 5.92 Å². The zero-order valence-electron chi connectivity index (χ0n) is 8.93. The van der Waals surface area contributed by atoms with Gasteiger partial charge in [-0.3, -0.25) is 4.84 Å².